The molecule has 0 aliphatic carbocycles. The maximum atomic E-state index is 12.7. The molecule has 0 saturated heterocycles. The van der Waals surface area contributed by atoms with Crippen molar-refractivity contribution in [1.29, 1.82) is 5.26 Å². The number of hydrogen-bond acceptors (Lipinski definition) is 2. The van der Waals surface area contributed by atoms with Gasteiger partial charge in [-0.05, 0) is 24.1 Å². The minimum atomic E-state index is -0.937. The number of benzene rings is 1. The Labute approximate surface area is 85.3 Å². The van der Waals surface area contributed by atoms with E-state index in [4.69, 9.17) is 5.26 Å². The van der Waals surface area contributed by atoms with Gasteiger partial charge in [0, 0.05) is 6.42 Å². The van der Waals surface area contributed by atoms with Crippen molar-refractivity contribution in [3.05, 3.63) is 35.4 Å². The van der Waals surface area contributed by atoms with Crippen LogP contribution in [0.1, 0.15) is 12.0 Å². The fraction of sp³-hybridized carbons (Fsp3) is 0.200. The first kappa shape index (κ1) is 11.1. The highest BCUT2D eigenvalue weighted by Gasteiger charge is 2.04. The lowest BCUT2D eigenvalue weighted by Gasteiger charge is -2.00. The third kappa shape index (κ3) is 3.35. The van der Waals surface area contributed by atoms with Crippen LogP contribution in [0.5, 0.6) is 0 Å². The number of carbonyl (C=O) groups is 1. The molecule has 0 fully saturated rings. The van der Waals surface area contributed by atoms with Crippen molar-refractivity contribution in [1.82, 2.24) is 5.32 Å². The molecule has 0 aliphatic heterocycles. The van der Waals surface area contributed by atoms with Crippen LogP contribution in [0.2, 0.25) is 0 Å². The molecule has 0 spiro atoms. The molecule has 0 radical (unpaired) electrons. The van der Waals surface area contributed by atoms with E-state index >= 15 is 0 Å². The zero-order valence-electron chi connectivity index (χ0n) is 7.76. The van der Waals surface area contributed by atoms with Gasteiger partial charge in [-0.15, -0.1) is 0 Å². The van der Waals surface area contributed by atoms with Crippen molar-refractivity contribution in [2.24, 2.45) is 0 Å². The Morgan fingerprint density at radius 3 is 2.73 bits per heavy atom. The van der Waals surface area contributed by atoms with Gasteiger partial charge >= 0.3 is 0 Å². The van der Waals surface area contributed by atoms with Crippen LogP contribution in [0.3, 0.4) is 0 Å². The molecule has 0 saturated carbocycles. The molecule has 0 aliphatic rings. The van der Waals surface area contributed by atoms with Crippen LogP contribution in [0, 0.1) is 23.1 Å². The maximum Gasteiger partial charge on any atom is 0.233 e. The van der Waals surface area contributed by atoms with Gasteiger partial charge in [-0.25, -0.2) is 8.78 Å². The van der Waals surface area contributed by atoms with E-state index in [0.717, 1.165) is 12.1 Å². The molecule has 1 N–H and O–H groups in total. The zero-order valence-corrected chi connectivity index (χ0v) is 7.76. The molecule has 1 amide bonds. The zero-order chi connectivity index (χ0) is 11.3. The lowest BCUT2D eigenvalue weighted by atomic mass is 10.1. The van der Waals surface area contributed by atoms with Crippen LogP contribution in [-0.2, 0) is 11.2 Å². The lowest BCUT2D eigenvalue weighted by molar-refractivity contribution is -0.119. The highest BCUT2D eigenvalue weighted by atomic mass is 19.2. The molecule has 1 rings (SSSR count). The number of aryl methyl sites for hydroxylation is 1. The summed E-state index contributed by atoms with van der Waals surface area (Å²) in [6.07, 6.45) is 1.83. The number of rotatable bonds is 3. The monoisotopic (exact) mass is 210 g/mol. The molecule has 0 unspecified atom stereocenters. The fourth-order valence-corrected chi connectivity index (χ4v) is 1.08. The number of carbonyl (C=O) groups excluding carboxylic acids is 1. The average molecular weight is 210 g/mol. The van der Waals surface area contributed by atoms with Gasteiger partial charge in [0.05, 0.1) is 0 Å². The predicted octanol–water partition coefficient (Wildman–Crippen LogP) is 1.49. The van der Waals surface area contributed by atoms with E-state index in [1.165, 1.54) is 12.3 Å². The predicted molar refractivity (Wildman–Crippen MR) is 48.4 cm³/mol. The summed E-state index contributed by atoms with van der Waals surface area (Å²) in [5.74, 6) is -2.30. The molecule has 5 heteroatoms. The highest BCUT2D eigenvalue weighted by Crippen LogP contribution is 2.10. The van der Waals surface area contributed by atoms with Crippen molar-refractivity contribution in [3.63, 3.8) is 0 Å². The molecule has 0 heterocycles. The van der Waals surface area contributed by atoms with E-state index in [0.29, 0.717) is 5.56 Å². The molecular weight excluding hydrogens is 202 g/mol. The lowest BCUT2D eigenvalue weighted by Crippen LogP contribution is -2.17. The molecular formula is C10H8F2N2O. The van der Waals surface area contributed by atoms with Crippen LogP contribution in [-0.4, -0.2) is 5.91 Å². The molecule has 1 aromatic rings. The maximum absolute atomic E-state index is 12.7. The summed E-state index contributed by atoms with van der Waals surface area (Å²) in [5.41, 5.74) is 0.516. The Hall–Kier alpha value is -1.96. The van der Waals surface area contributed by atoms with Crippen LogP contribution in [0.4, 0.5) is 8.78 Å². The number of nitrogens with zero attached hydrogens (tertiary/aromatic N) is 1. The molecule has 0 atom stereocenters. The van der Waals surface area contributed by atoms with E-state index in [1.807, 2.05) is 5.32 Å². The van der Waals surface area contributed by atoms with Gasteiger partial charge in [0.1, 0.15) is 0 Å². The molecule has 0 aromatic heterocycles. The number of nitriles is 1. The second-order valence-electron chi connectivity index (χ2n) is 2.91. The van der Waals surface area contributed by atoms with Gasteiger partial charge in [-0.1, -0.05) is 6.07 Å². The Kier molecular flexibility index (Phi) is 3.75. The quantitative estimate of drug-likeness (QED) is 0.607. The summed E-state index contributed by atoms with van der Waals surface area (Å²) in [6, 6.07) is 3.44. The van der Waals surface area contributed by atoms with Crippen molar-refractivity contribution in [2.45, 2.75) is 12.8 Å². The van der Waals surface area contributed by atoms with Crippen molar-refractivity contribution in [2.75, 3.05) is 0 Å². The summed E-state index contributed by atoms with van der Waals surface area (Å²) in [5, 5.41) is 10.1. The standard InChI is InChI=1S/C10H8F2N2O/c11-8-3-1-7(5-9(8)12)2-4-10(15)14-6-13/h1,3,5H,2,4H2,(H,14,15). The smallest absolute Gasteiger partial charge is 0.233 e. The minimum absolute atomic E-state index is 0.0681. The van der Waals surface area contributed by atoms with E-state index in [2.05, 4.69) is 0 Å². The normalized spacial score (nSPS) is 9.40. The van der Waals surface area contributed by atoms with Crippen LogP contribution >= 0.6 is 0 Å². The Morgan fingerprint density at radius 1 is 1.40 bits per heavy atom. The first-order valence-electron chi connectivity index (χ1n) is 4.25. The molecule has 3 nitrogen and oxygen atoms in total. The number of halogens is 2. The molecule has 15 heavy (non-hydrogen) atoms. The first-order valence-corrected chi connectivity index (χ1v) is 4.25. The first-order chi connectivity index (χ1) is 7.13. The van der Waals surface area contributed by atoms with E-state index in [1.54, 1.807) is 0 Å². The van der Waals surface area contributed by atoms with Crippen LogP contribution < -0.4 is 5.32 Å². The topological polar surface area (TPSA) is 52.9 Å². The van der Waals surface area contributed by atoms with Crippen molar-refractivity contribution < 1.29 is 13.6 Å². The summed E-state index contributed by atoms with van der Waals surface area (Å²) in [7, 11) is 0. The van der Waals surface area contributed by atoms with Crippen LogP contribution in [0.25, 0.3) is 0 Å². The largest absolute Gasteiger partial charge is 0.274 e. The van der Waals surface area contributed by atoms with Crippen molar-refractivity contribution >= 4 is 5.91 Å². The molecule has 78 valence electrons. The van der Waals surface area contributed by atoms with Gasteiger partial charge in [0.2, 0.25) is 5.91 Å². The fourth-order valence-electron chi connectivity index (χ4n) is 1.08. The van der Waals surface area contributed by atoms with Gasteiger partial charge in [0.25, 0.3) is 0 Å². The minimum Gasteiger partial charge on any atom is -0.274 e. The third-order valence-corrected chi connectivity index (χ3v) is 1.82. The van der Waals surface area contributed by atoms with Crippen molar-refractivity contribution in [3.8, 4) is 6.19 Å². The number of nitrogens with one attached hydrogen (secondary N) is 1. The van der Waals surface area contributed by atoms with Gasteiger partial charge < -0.3 is 0 Å². The second-order valence-corrected chi connectivity index (χ2v) is 2.91. The summed E-state index contributed by atoms with van der Waals surface area (Å²) in [4.78, 5) is 10.9. The van der Waals surface area contributed by atoms with Gasteiger partial charge in [0.15, 0.2) is 17.8 Å². The Bertz CT molecular complexity index is 412. The SMILES string of the molecule is N#CNC(=O)CCc1ccc(F)c(F)c1. The Balaban J connectivity index is 2.55. The van der Waals surface area contributed by atoms with Gasteiger partial charge in [-0.2, -0.15) is 5.26 Å². The van der Waals surface area contributed by atoms with E-state index < -0.39 is 17.5 Å². The number of amides is 1. The number of hydrogen-bond donors (Lipinski definition) is 1. The summed E-state index contributed by atoms with van der Waals surface area (Å²) < 4.78 is 25.2. The van der Waals surface area contributed by atoms with E-state index in [9.17, 15) is 13.6 Å². The second kappa shape index (κ2) is 5.05. The Morgan fingerprint density at radius 2 is 2.13 bits per heavy atom. The molecule has 0 bridgehead atoms. The highest BCUT2D eigenvalue weighted by molar-refractivity contribution is 5.77. The van der Waals surface area contributed by atoms with Crippen LogP contribution in [0.15, 0.2) is 18.2 Å². The summed E-state index contributed by atoms with van der Waals surface area (Å²) in [6.45, 7) is 0. The molecule has 1 aromatic carbocycles. The van der Waals surface area contributed by atoms with Gasteiger partial charge in [-0.3, -0.25) is 10.1 Å². The van der Waals surface area contributed by atoms with E-state index in [-0.39, 0.29) is 12.8 Å². The average Bonchev–Trinajstić information content (AvgIpc) is 2.20. The third-order valence-electron chi connectivity index (χ3n) is 1.82. The summed E-state index contributed by atoms with van der Waals surface area (Å²) >= 11 is 0.